The summed E-state index contributed by atoms with van der Waals surface area (Å²) in [6.07, 6.45) is 0.629. The highest BCUT2D eigenvalue weighted by Crippen LogP contribution is 2.34. The van der Waals surface area contributed by atoms with Crippen LogP contribution in [-0.2, 0) is 4.74 Å². The third-order valence-electron chi connectivity index (χ3n) is 6.23. The van der Waals surface area contributed by atoms with Crippen molar-refractivity contribution < 1.29 is 27.4 Å². The Labute approximate surface area is 212 Å². The SMILES string of the molecule is Cc1c(-c2cc(O[C@@H](CF)C(F)F)c3c(C#N)cnn3c2)cnn1C1CCN(C(=O)OC(C)(C)C)CC1. The van der Waals surface area contributed by atoms with Crippen molar-refractivity contribution in [2.75, 3.05) is 19.8 Å². The summed E-state index contributed by atoms with van der Waals surface area (Å²) in [7, 11) is 0. The molecule has 9 nitrogen and oxygen atoms in total. The second kappa shape index (κ2) is 10.3. The molecule has 3 aromatic rings. The monoisotopic (exact) mass is 518 g/mol. The van der Waals surface area contributed by atoms with Gasteiger partial charge in [0.1, 0.15) is 35.2 Å². The molecular formula is C25H29F3N6O3. The lowest BCUT2D eigenvalue weighted by Gasteiger charge is -2.33. The van der Waals surface area contributed by atoms with Gasteiger partial charge in [-0.15, -0.1) is 0 Å². The Hall–Kier alpha value is -3.75. The maximum absolute atomic E-state index is 13.3. The summed E-state index contributed by atoms with van der Waals surface area (Å²) in [4.78, 5) is 14.1. The fourth-order valence-electron chi connectivity index (χ4n) is 4.41. The van der Waals surface area contributed by atoms with Crippen LogP contribution in [0.4, 0.5) is 18.0 Å². The number of nitriles is 1. The van der Waals surface area contributed by atoms with E-state index in [9.17, 15) is 23.2 Å². The number of hydrogen-bond donors (Lipinski definition) is 0. The van der Waals surface area contributed by atoms with Crippen LogP contribution in [0.25, 0.3) is 16.6 Å². The first-order valence-electron chi connectivity index (χ1n) is 12.0. The largest absolute Gasteiger partial charge is 0.479 e. The number of pyridine rings is 1. The van der Waals surface area contributed by atoms with Gasteiger partial charge < -0.3 is 14.4 Å². The highest BCUT2D eigenvalue weighted by molar-refractivity contribution is 5.76. The number of aromatic nitrogens is 4. The van der Waals surface area contributed by atoms with E-state index in [1.165, 1.54) is 16.8 Å². The van der Waals surface area contributed by atoms with Gasteiger partial charge in [0.05, 0.1) is 18.4 Å². The summed E-state index contributed by atoms with van der Waals surface area (Å²) in [5.41, 5.74) is 1.85. The van der Waals surface area contributed by atoms with E-state index in [-0.39, 0.29) is 29.0 Å². The Morgan fingerprint density at radius 2 is 1.95 bits per heavy atom. The van der Waals surface area contributed by atoms with Crippen molar-refractivity contribution in [1.29, 1.82) is 5.26 Å². The summed E-state index contributed by atoms with van der Waals surface area (Å²) >= 11 is 0. The molecule has 0 bridgehead atoms. The zero-order chi connectivity index (χ0) is 26.9. The van der Waals surface area contributed by atoms with Crippen LogP contribution in [0, 0.1) is 18.3 Å². The maximum atomic E-state index is 13.3. The van der Waals surface area contributed by atoms with Crippen molar-refractivity contribution in [3.05, 3.63) is 35.9 Å². The van der Waals surface area contributed by atoms with E-state index in [1.54, 1.807) is 17.3 Å². The molecule has 1 fully saturated rings. The molecule has 0 radical (unpaired) electrons. The third kappa shape index (κ3) is 5.50. The molecule has 1 aliphatic rings. The summed E-state index contributed by atoms with van der Waals surface area (Å²) in [6.45, 7) is 7.05. The Kier molecular flexibility index (Phi) is 7.34. The van der Waals surface area contributed by atoms with Crippen LogP contribution in [0.15, 0.2) is 24.7 Å². The number of amides is 1. The molecule has 0 N–H and O–H groups in total. The fourth-order valence-corrected chi connectivity index (χ4v) is 4.41. The topological polar surface area (TPSA) is 97.7 Å². The minimum atomic E-state index is -3.04. The zero-order valence-corrected chi connectivity index (χ0v) is 21.1. The Morgan fingerprint density at radius 1 is 1.24 bits per heavy atom. The minimum Gasteiger partial charge on any atom is -0.479 e. The van der Waals surface area contributed by atoms with Gasteiger partial charge in [0.2, 0.25) is 0 Å². The number of ether oxygens (including phenoxy) is 2. The van der Waals surface area contributed by atoms with Crippen LogP contribution < -0.4 is 4.74 Å². The second-order valence-corrected chi connectivity index (χ2v) is 9.99. The van der Waals surface area contributed by atoms with E-state index in [0.717, 1.165) is 5.69 Å². The summed E-state index contributed by atoms with van der Waals surface area (Å²) in [5, 5.41) is 18.1. The van der Waals surface area contributed by atoms with Crippen molar-refractivity contribution in [2.45, 2.75) is 64.7 Å². The number of carbonyl (C=O) groups is 1. The highest BCUT2D eigenvalue weighted by Gasteiger charge is 2.29. The van der Waals surface area contributed by atoms with Crippen molar-refractivity contribution in [3.8, 4) is 22.9 Å². The molecule has 0 saturated carbocycles. The van der Waals surface area contributed by atoms with E-state index in [1.807, 2.05) is 38.4 Å². The predicted octanol–water partition coefficient (Wildman–Crippen LogP) is 4.93. The second-order valence-electron chi connectivity index (χ2n) is 9.99. The summed E-state index contributed by atoms with van der Waals surface area (Å²) < 4.78 is 53.8. The van der Waals surface area contributed by atoms with Crippen LogP contribution in [0.5, 0.6) is 5.75 Å². The van der Waals surface area contributed by atoms with Gasteiger partial charge in [-0.3, -0.25) is 4.68 Å². The van der Waals surface area contributed by atoms with E-state index >= 15 is 0 Å². The van der Waals surface area contributed by atoms with Gasteiger partial charge in [-0.1, -0.05) is 0 Å². The van der Waals surface area contributed by atoms with Gasteiger partial charge in [-0.2, -0.15) is 15.5 Å². The van der Waals surface area contributed by atoms with Crippen LogP contribution in [0.1, 0.15) is 50.9 Å². The molecule has 0 spiro atoms. The summed E-state index contributed by atoms with van der Waals surface area (Å²) in [6, 6.07) is 3.51. The number of nitrogens with zero attached hydrogens (tertiary/aromatic N) is 6. The molecular weight excluding hydrogens is 489 g/mol. The molecule has 1 aliphatic heterocycles. The Balaban J connectivity index is 1.60. The van der Waals surface area contributed by atoms with Crippen LogP contribution in [0.2, 0.25) is 0 Å². The first-order chi connectivity index (χ1) is 17.5. The average molecular weight is 519 g/mol. The molecule has 1 saturated heterocycles. The maximum Gasteiger partial charge on any atom is 0.410 e. The average Bonchev–Trinajstić information content (AvgIpc) is 3.44. The summed E-state index contributed by atoms with van der Waals surface area (Å²) in [5.74, 6) is -0.0627. The number of fused-ring (bicyclic) bond motifs is 1. The van der Waals surface area contributed by atoms with Crippen molar-refractivity contribution in [2.24, 2.45) is 0 Å². The van der Waals surface area contributed by atoms with E-state index in [4.69, 9.17) is 9.47 Å². The standard InChI is InChI=1S/C25H29F3N6O3/c1-15-19(13-31-34(15)18-5-7-32(8-6-18)24(35)37-25(2,3)4)16-9-20(36-21(10-26)23(27)28)22-17(11-29)12-30-33(22)14-16/h9,12-14,18,21,23H,5-8,10H2,1-4H3/t21-/m0/s1. The number of likely N-dealkylation sites (tertiary alicyclic amines) is 1. The third-order valence-corrected chi connectivity index (χ3v) is 6.23. The molecule has 0 aromatic carbocycles. The van der Waals surface area contributed by atoms with Gasteiger partial charge >= 0.3 is 6.09 Å². The van der Waals surface area contributed by atoms with Crippen LogP contribution in [0.3, 0.4) is 0 Å². The predicted molar refractivity (Wildman–Crippen MR) is 128 cm³/mol. The van der Waals surface area contributed by atoms with E-state index < -0.39 is 24.8 Å². The molecule has 198 valence electrons. The van der Waals surface area contributed by atoms with Crippen LogP contribution >= 0.6 is 0 Å². The molecule has 0 aliphatic carbocycles. The number of hydrogen-bond acceptors (Lipinski definition) is 6. The molecule has 0 unspecified atom stereocenters. The molecule has 12 heteroatoms. The van der Waals surface area contributed by atoms with Gasteiger partial charge in [0, 0.05) is 36.1 Å². The smallest absolute Gasteiger partial charge is 0.410 e. The number of piperidine rings is 1. The quantitative estimate of drug-likeness (QED) is 0.459. The molecule has 1 atom stereocenters. The van der Waals surface area contributed by atoms with Crippen molar-refractivity contribution >= 4 is 11.6 Å². The van der Waals surface area contributed by atoms with Gasteiger partial charge in [-0.25, -0.2) is 22.5 Å². The van der Waals surface area contributed by atoms with Crippen molar-refractivity contribution in [3.63, 3.8) is 0 Å². The first kappa shape index (κ1) is 26.3. The lowest BCUT2D eigenvalue weighted by atomic mass is 10.0. The first-order valence-corrected chi connectivity index (χ1v) is 12.0. The number of carbonyl (C=O) groups excluding carboxylic acids is 1. The Bertz CT molecular complexity index is 1320. The molecule has 1 amide bonds. The minimum absolute atomic E-state index is 0.0523. The van der Waals surface area contributed by atoms with E-state index in [0.29, 0.717) is 37.1 Å². The number of halogens is 3. The molecule has 4 rings (SSSR count). The normalized spacial score (nSPS) is 15.7. The lowest BCUT2D eigenvalue weighted by molar-refractivity contribution is -0.000552. The van der Waals surface area contributed by atoms with E-state index in [2.05, 4.69) is 10.2 Å². The van der Waals surface area contributed by atoms with Gasteiger partial charge in [0.15, 0.2) is 6.10 Å². The molecule has 37 heavy (non-hydrogen) atoms. The molecule has 3 aromatic heterocycles. The lowest BCUT2D eigenvalue weighted by Crippen LogP contribution is -2.42. The number of alkyl halides is 3. The molecule has 4 heterocycles. The highest BCUT2D eigenvalue weighted by atomic mass is 19.3. The van der Waals surface area contributed by atoms with Crippen LogP contribution in [-0.4, -0.2) is 68.3 Å². The fraction of sp³-hybridized carbons (Fsp3) is 0.520. The van der Waals surface area contributed by atoms with Gasteiger partial charge in [0.25, 0.3) is 6.43 Å². The zero-order valence-electron chi connectivity index (χ0n) is 21.1. The number of rotatable bonds is 6. The van der Waals surface area contributed by atoms with Crippen molar-refractivity contribution in [1.82, 2.24) is 24.3 Å². The van der Waals surface area contributed by atoms with Gasteiger partial charge in [-0.05, 0) is 46.6 Å². The Morgan fingerprint density at radius 3 is 2.54 bits per heavy atom.